The van der Waals surface area contributed by atoms with Gasteiger partial charge in [0.25, 0.3) is 0 Å². The van der Waals surface area contributed by atoms with Crippen molar-refractivity contribution in [2.75, 3.05) is 0 Å². The molecule has 0 aromatic carbocycles. The van der Waals surface area contributed by atoms with Gasteiger partial charge >= 0.3 is 6.03 Å². The molecule has 3 nitrogen and oxygen atoms in total. The molecule has 0 saturated heterocycles. The van der Waals surface area contributed by atoms with Crippen LogP contribution in [-0.2, 0) is 0 Å². The summed E-state index contributed by atoms with van der Waals surface area (Å²) in [6.45, 7) is 6.33. The third-order valence-corrected chi connectivity index (χ3v) is 2.99. The number of unbranched alkanes of at least 4 members (excludes halogenated alkanes) is 2. The summed E-state index contributed by atoms with van der Waals surface area (Å²) in [6, 6.07) is 0.210. The van der Waals surface area contributed by atoms with E-state index in [0.29, 0.717) is 0 Å². The minimum absolute atomic E-state index is 0.0498. The molecule has 1 aliphatic rings. The number of rotatable bonds is 5. The smallest absolute Gasteiger partial charge is 0.319 e. The van der Waals surface area contributed by atoms with Gasteiger partial charge in [-0.15, -0.1) is 0 Å². The lowest BCUT2D eigenvalue weighted by Crippen LogP contribution is -2.47. The lowest BCUT2D eigenvalue weighted by Gasteiger charge is -2.28. The molecule has 2 N–H and O–H groups in total. The maximum atomic E-state index is 11.3. The number of allylic oxidation sites excluding steroid dienone is 1. The summed E-state index contributed by atoms with van der Waals surface area (Å²) in [4.78, 5) is 11.3. The van der Waals surface area contributed by atoms with Gasteiger partial charge in [0.05, 0.1) is 6.04 Å². The van der Waals surface area contributed by atoms with Gasteiger partial charge in [0.2, 0.25) is 0 Å². The lowest BCUT2D eigenvalue weighted by molar-refractivity contribution is 0.237. The molecule has 15 heavy (non-hydrogen) atoms. The predicted octanol–water partition coefficient (Wildman–Crippen LogP) is 2.93. The molecule has 1 aliphatic heterocycles. The van der Waals surface area contributed by atoms with E-state index >= 15 is 0 Å². The number of urea groups is 1. The van der Waals surface area contributed by atoms with Crippen molar-refractivity contribution in [1.29, 1.82) is 0 Å². The Balaban J connectivity index is 2.59. The number of amides is 2. The minimum atomic E-state index is -0.0498. The SMILES string of the molecule is CCCCCC1NC(=O)NC(C)=C1CC. The molecular formula is C12H22N2O. The first kappa shape index (κ1) is 12.1. The second-order valence-corrected chi connectivity index (χ2v) is 4.15. The van der Waals surface area contributed by atoms with Crippen LogP contribution in [0.2, 0.25) is 0 Å². The molecule has 0 aromatic rings. The zero-order valence-corrected chi connectivity index (χ0v) is 10.0. The maximum absolute atomic E-state index is 11.3. The van der Waals surface area contributed by atoms with Gasteiger partial charge in [-0.25, -0.2) is 4.79 Å². The average Bonchev–Trinajstić information content (AvgIpc) is 2.17. The van der Waals surface area contributed by atoms with Crippen molar-refractivity contribution in [2.24, 2.45) is 0 Å². The van der Waals surface area contributed by atoms with Crippen LogP contribution in [0, 0.1) is 0 Å². The zero-order chi connectivity index (χ0) is 11.3. The standard InChI is InChI=1S/C12H22N2O/c1-4-6-7-8-11-10(5-2)9(3)13-12(15)14-11/h11H,4-8H2,1-3H3,(H2,13,14,15). The molecule has 2 amide bonds. The lowest BCUT2D eigenvalue weighted by atomic mass is 9.95. The second kappa shape index (κ2) is 5.79. The molecule has 1 heterocycles. The van der Waals surface area contributed by atoms with Gasteiger partial charge in [0.15, 0.2) is 0 Å². The largest absolute Gasteiger partial charge is 0.331 e. The van der Waals surface area contributed by atoms with Crippen LogP contribution in [0.4, 0.5) is 4.79 Å². The van der Waals surface area contributed by atoms with Crippen LogP contribution >= 0.6 is 0 Å². The monoisotopic (exact) mass is 210 g/mol. The molecule has 0 saturated carbocycles. The Morgan fingerprint density at radius 1 is 1.27 bits per heavy atom. The highest BCUT2D eigenvalue weighted by Gasteiger charge is 2.22. The first-order valence-corrected chi connectivity index (χ1v) is 5.96. The van der Waals surface area contributed by atoms with Gasteiger partial charge in [-0.2, -0.15) is 0 Å². The summed E-state index contributed by atoms with van der Waals surface area (Å²) in [7, 11) is 0. The van der Waals surface area contributed by atoms with E-state index in [-0.39, 0.29) is 12.1 Å². The molecule has 0 radical (unpaired) electrons. The molecule has 86 valence electrons. The average molecular weight is 210 g/mol. The molecule has 0 bridgehead atoms. The first-order chi connectivity index (χ1) is 7.19. The van der Waals surface area contributed by atoms with Crippen LogP contribution in [0.15, 0.2) is 11.3 Å². The predicted molar refractivity (Wildman–Crippen MR) is 62.6 cm³/mol. The summed E-state index contributed by atoms with van der Waals surface area (Å²) in [6.07, 6.45) is 5.74. The first-order valence-electron chi connectivity index (χ1n) is 5.96. The molecule has 0 fully saturated rings. The number of carbonyl (C=O) groups is 1. The highest BCUT2D eigenvalue weighted by atomic mass is 16.2. The van der Waals surface area contributed by atoms with Crippen molar-refractivity contribution in [3.05, 3.63) is 11.3 Å². The van der Waals surface area contributed by atoms with Gasteiger partial charge in [-0.05, 0) is 25.3 Å². The van der Waals surface area contributed by atoms with Crippen molar-refractivity contribution in [3.8, 4) is 0 Å². The van der Waals surface area contributed by atoms with Crippen LogP contribution in [0.25, 0.3) is 0 Å². The Morgan fingerprint density at radius 3 is 2.60 bits per heavy atom. The van der Waals surface area contributed by atoms with Crippen molar-refractivity contribution in [2.45, 2.75) is 58.9 Å². The fourth-order valence-corrected chi connectivity index (χ4v) is 2.15. The van der Waals surface area contributed by atoms with E-state index in [4.69, 9.17) is 0 Å². The maximum Gasteiger partial charge on any atom is 0.319 e. The minimum Gasteiger partial charge on any atom is -0.331 e. The van der Waals surface area contributed by atoms with Gasteiger partial charge in [0.1, 0.15) is 0 Å². The molecular weight excluding hydrogens is 188 g/mol. The van der Waals surface area contributed by atoms with Crippen LogP contribution < -0.4 is 10.6 Å². The fraction of sp³-hybridized carbons (Fsp3) is 0.750. The van der Waals surface area contributed by atoms with E-state index < -0.39 is 0 Å². The third-order valence-electron chi connectivity index (χ3n) is 2.99. The van der Waals surface area contributed by atoms with Crippen LogP contribution in [0.3, 0.4) is 0 Å². The normalized spacial score (nSPS) is 21.3. The molecule has 0 aliphatic carbocycles. The Labute approximate surface area is 92.3 Å². The van der Waals surface area contributed by atoms with Gasteiger partial charge in [-0.3, -0.25) is 0 Å². The summed E-state index contributed by atoms with van der Waals surface area (Å²) >= 11 is 0. The van der Waals surface area contributed by atoms with Crippen LogP contribution in [0.1, 0.15) is 52.9 Å². The number of hydrogen-bond acceptors (Lipinski definition) is 1. The molecule has 0 aromatic heterocycles. The summed E-state index contributed by atoms with van der Waals surface area (Å²) < 4.78 is 0. The zero-order valence-electron chi connectivity index (χ0n) is 10.0. The summed E-state index contributed by atoms with van der Waals surface area (Å²) in [5, 5.41) is 5.83. The van der Waals surface area contributed by atoms with Crippen LogP contribution in [-0.4, -0.2) is 12.1 Å². The van der Waals surface area contributed by atoms with Crippen molar-refractivity contribution >= 4 is 6.03 Å². The van der Waals surface area contributed by atoms with Crippen molar-refractivity contribution in [3.63, 3.8) is 0 Å². The molecule has 1 atom stereocenters. The third kappa shape index (κ3) is 3.26. The quantitative estimate of drug-likeness (QED) is 0.673. The summed E-state index contributed by atoms with van der Waals surface area (Å²) in [5.74, 6) is 0. The Morgan fingerprint density at radius 2 is 2.00 bits per heavy atom. The molecule has 3 heteroatoms. The topological polar surface area (TPSA) is 41.1 Å². The van der Waals surface area contributed by atoms with Gasteiger partial charge in [0, 0.05) is 5.70 Å². The molecule has 1 unspecified atom stereocenters. The number of carbonyl (C=O) groups excluding carboxylic acids is 1. The number of nitrogens with one attached hydrogen (secondary N) is 2. The fourth-order valence-electron chi connectivity index (χ4n) is 2.15. The van der Waals surface area contributed by atoms with Crippen molar-refractivity contribution in [1.82, 2.24) is 10.6 Å². The Kier molecular flexibility index (Phi) is 4.66. The second-order valence-electron chi connectivity index (χ2n) is 4.15. The van der Waals surface area contributed by atoms with E-state index in [1.165, 1.54) is 24.8 Å². The van der Waals surface area contributed by atoms with E-state index in [1.807, 2.05) is 6.92 Å². The highest BCUT2D eigenvalue weighted by molar-refractivity contribution is 5.78. The van der Waals surface area contributed by atoms with E-state index in [0.717, 1.165) is 18.5 Å². The van der Waals surface area contributed by atoms with Crippen molar-refractivity contribution < 1.29 is 4.79 Å². The highest BCUT2D eigenvalue weighted by Crippen LogP contribution is 2.19. The van der Waals surface area contributed by atoms with E-state index in [9.17, 15) is 4.79 Å². The molecule has 0 spiro atoms. The van der Waals surface area contributed by atoms with E-state index in [2.05, 4.69) is 24.5 Å². The van der Waals surface area contributed by atoms with E-state index in [1.54, 1.807) is 0 Å². The Bertz CT molecular complexity index is 258. The summed E-state index contributed by atoms with van der Waals surface area (Å²) in [5.41, 5.74) is 2.40. The number of hydrogen-bond donors (Lipinski definition) is 2. The molecule has 1 rings (SSSR count). The Hall–Kier alpha value is -0.990. The van der Waals surface area contributed by atoms with Gasteiger partial charge < -0.3 is 10.6 Å². The van der Waals surface area contributed by atoms with Gasteiger partial charge in [-0.1, -0.05) is 33.1 Å². The van der Waals surface area contributed by atoms with Crippen LogP contribution in [0.5, 0.6) is 0 Å².